The highest BCUT2D eigenvalue weighted by Crippen LogP contribution is 2.46. The van der Waals surface area contributed by atoms with Crippen molar-refractivity contribution in [1.82, 2.24) is 0 Å². The summed E-state index contributed by atoms with van der Waals surface area (Å²) in [4.78, 5) is 1.78. The van der Waals surface area contributed by atoms with Crippen molar-refractivity contribution in [3.8, 4) is 22.3 Å². The summed E-state index contributed by atoms with van der Waals surface area (Å²) in [6.07, 6.45) is 0. The Kier molecular flexibility index (Phi) is 4.70. The molecule has 1 aromatic heterocycles. The van der Waals surface area contributed by atoms with Crippen LogP contribution in [0.4, 0.5) is 17.1 Å². The Hall–Kier alpha value is -6.12. The largest absolute Gasteiger partial charge is 0.455 e. The number of fused-ring (bicyclic) bond motifs is 6. The zero-order chi connectivity index (χ0) is 36.5. The van der Waals surface area contributed by atoms with Crippen LogP contribution in [-0.4, -0.2) is 0 Å². The van der Waals surface area contributed by atoms with Gasteiger partial charge in [0.05, 0.1) is 21.0 Å². The predicted octanol–water partition coefficient (Wildman–Crippen LogP) is 12.7. The topological polar surface area (TPSA) is 16.4 Å². The monoisotopic (exact) mass is 594 g/mol. The first-order chi connectivity index (χ1) is 25.7. The molecule has 216 valence electrons. The van der Waals surface area contributed by atoms with E-state index < -0.39 is 30.2 Å². The van der Waals surface area contributed by atoms with Crippen molar-refractivity contribution < 1.29 is 14.0 Å². The molecule has 0 radical (unpaired) electrons. The Bertz CT molecular complexity index is 2910. The van der Waals surface area contributed by atoms with Gasteiger partial charge in [-0.3, -0.25) is 0 Å². The molecule has 2 heteroatoms. The summed E-state index contributed by atoms with van der Waals surface area (Å²) in [6.45, 7) is 0. The van der Waals surface area contributed by atoms with Crippen LogP contribution >= 0.6 is 0 Å². The van der Waals surface area contributed by atoms with Crippen LogP contribution in [0.2, 0.25) is 0 Å². The highest BCUT2D eigenvalue weighted by Gasteiger charge is 2.22. The van der Waals surface area contributed by atoms with Crippen LogP contribution in [-0.2, 0) is 0 Å². The fourth-order valence-electron chi connectivity index (χ4n) is 6.42. The first-order valence-electron chi connectivity index (χ1n) is 18.6. The molecule has 9 aromatic rings. The van der Waals surface area contributed by atoms with E-state index in [1.165, 1.54) is 0 Å². The van der Waals surface area contributed by atoms with Gasteiger partial charge in [-0.25, -0.2) is 0 Å². The van der Waals surface area contributed by atoms with Crippen LogP contribution in [0, 0.1) is 0 Å². The lowest BCUT2D eigenvalue weighted by Crippen LogP contribution is -2.11. The second-order valence-corrected chi connectivity index (χ2v) is 11.2. The van der Waals surface area contributed by atoms with Gasteiger partial charge in [0.1, 0.15) is 11.2 Å². The number of hydrogen-bond donors (Lipinski definition) is 0. The van der Waals surface area contributed by atoms with Crippen LogP contribution in [0.5, 0.6) is 0 Å². The third-order valence-corrected chi connectivity index (χ3v) is 8.57. The molecular weight excluding hydrogens is 558 g/mol. The number of benzene rings is 8. The molecular formula is C44H29NO. The molecule has 0 spiro atoms. The number of rotatable bonds is 5. The molecule has 0 N–H and O–H groups in total. The van der Waals surface area contributed by atoms with Gasteiger partial charge in [0.15, 0.2) is 0 Å². The number of furan rings is 1. The Morgan fingerprint density at radius 2 is 1.11 bits per heavy atom. The molecule has 1 heterocycles. The minimum atomic E-state index is -0.498. The van der Waals surface area contributed by atoms with Crippen LogP contribution in [0.25, 0.3) is 65.7 Å². The van der Waals surface area contributed by atoms with Crippen molar-refractivity contribution in [1.29, 1.82) is 0 Å². The van der Waals surface area contributed by atoms with Crippen molar-refractivity contribution in [2.45, 2.75) is 0 Å². The average Bonchev–Trinajstić information content (AvgIpc) is 3.60. The van der Waals surface area contributed by atoms with Gasteiger partial charge in [-0.2, -0.15) is 0 Å². The molecule has 8 aromatic carbocycles. The van der Waals surface area contributed by atoms with Crippen molar-refractivity contribution in [3.63, 3.8) is 0 Å². The van der Waals surface area contributed by atoms with E-state index in [4.69, 9.17) is 12.6 Å². The van der Waals surface area contributed by atoms with Crippen molar-refractivity contribution >= 4 is 60.5 Å². The molecule has 0 aliphatic carbocycles. The maximum Gasteiger partial charge on any atom is 0.143 e. The van der Waals surface area contributed by atoms with E-state index >= 15 is 0 Å². The molecule has 0 bridgehead atoms. The zero-order valence-corrected chi connectivity index (χ0v) is 24.6. The minimum Gasteiger partial charge on any atom is -0.455 e. The van der Waals surface area contributed by atoms with Crippen LogP contribution in [0.15, 0.2) is 180 Å². The lowest BCUT2D eigenvalue weighted by molar-refractivity contribution is 0.674. The van der Waals surface area contributed by atoms with Gasteiger partial charge in [0.25, 0.3) is 0 Å². The fourth-order valence-corrected chi connectivity index (χ4v) is 6.42. The standard InChI is InChI=1S/C44H29NO/c1-2-12-30(13-3-1)31-24-27-34(28-25-31)45(41-23-10-16-32-14-4-6-17-35(32)41)42-22-9-8-19-37(42)38-20-11-21-39-40-29-26-33-15-5-7-18-36(33)43(40)46-44(38)39/h1-29H/i4D,6D,10D,14D,16D,17D,23D. The molecule has 46 heavy (non-hydrogen) atoms. The summed E-state index contributed by atoms with van der Waals surface area (Å²) in [5, 5.41) is 3.86. The smallest absolute Gasteiger partial charge is 0.143 e. The number of para-hydroxylation sites is 2. The summed E-state index contributed by atoms with van der Waals surface area (Å²) in [7, 11) is 0. The Balaban J connectivity index is 1.37. The second-order valence-electron chi connectivity index (χ2n) is 11.2. The Morgan fingerprint density at radius 3 is 2.02 bits per heavy atom. The maximum absolute atomic E-state index is 9.35. The Morgan fingerprint density at radius 1 is 0.413 bits per heavy atom. The van der Waals surface area contributed by atoms with E-state index in [0.29, 0.717) is 17.0 Å². The number of anilines is 3. The fraction of sp³-hybridized carbons (Fsp3) is 0. The first-order valence-corrected chi connectivity index (χ1v) is 15.1. The van der Waals surface area contributed by atoms with E-state index in [0.717, 1.165) is 49.4 Å². The molecule has 0 saturated carbocycles. The third kappa shape index (κ3) is 4.27. The molecule has 0 aliphatic heterocycles. The van der Waals surface area contributed by atoms with Gasteiger partial charge in [0, 0.05) is 38.4 Å². The normalized spacial score (nSPS) is 13.6. The molecule has 2 nitrogen and oxygen atoms in total. The highest BCUT2D eigenvalue weighted by molar-refractivity contribution is 6.17. The predicted molar refractivity (Wildman–Crippen MR) is 194 cm³/mol. The molecule has 0 atom stereocenters. The molecule has 0 amide bonds. The third-order valence-electron chi connectivity index (χ3n) is 8.57. The van der Waals surface area contributed by atoms with E-state index in [1.807, 2.05) is 115 Å². The molecule has 0 saturated heterocycles. The molecule has 9 rings (SSSR count). The molecule has 0 aliphatic rings. The average molecular weight is 595 g/mol. The van der Waals surface area contributed by atoms with Gasteiger partial charge in [-0.15, -0.1) is 0 Å². The lowest BCUT2D eigenvalue weighted by atomic mass is 9.98. The summed E-state index contributed by atoms with van der Waals surface area (Å²) in [6, 6.07) is 40.6. The summed E-state index contributed by atoms with van der Waals surface area (Å²) >= 11 is 0. The number of nitrogens with zero attached hydrogens (tertiary/aromatic N) is 1. The minimum absolute atomic E-state index is 0.00245. The lowest BCUT2D eigenvalue weighted by Gasteiger charge is -2.29. The maximum atomic E-state index is 9.35. The van der Waals surface area contributed by atoms with Gasteiger partial charge in [-0.05, 0) is 52.2 Å². The van der Waals surface area contributed by atoms with E-state index in [9.17, 15) is 1.37 Å². The van der Waals surface area contributed by atoms with E-state index in [2.05, 4.69) is 18.2 Å². The second kappa shape index (κ2) is 10.8. The Labute approximate surface area is 277 Å². The summed E-state index contributed by atoms with van der Waals surface area (Å²) in [5.74, 6) is 0. The van der Waals surface area contributed by atoms with Gasteiger partial charge >= 0.3 is 0 Å². The van der Waals surface area contributed by atoms with Crippen molar-refractivity contribution in [2.24, 2.45) is 0 Å². The van der Waals surface area contributed by atoms with Gasteiger partial charge in [-0.1, -0.05) is 145 Å². The quantitative estimate of drug-likeness (QED) is 0.197. The summed E-state index contributed by atoms with van der Waals surface area (Å²) in [5.41, 5.74) is 6.22. The zero-order valence-electron chi connectivity index (χ0n) is 31.6. The first kappa shape index (κ1) is 20.0. The van der Waals surface area contributed by atoms with E-state index in [1.54, 1.807) is 4.90 Å². The molecule has 0 fully saturated rings. The van der Waals surface area contributed by atoms with Crippen LogP contribution in [0.1, 0.15) is 9.60 Å². The van der Waals surface area contributed by atoms with Crippen LogP contribution in [0.3, 0.4) is 0 Å². The van der Waals surface area contributed by atoms with Gasteiger partial charge in [0.2, 0.25) is 0 Å². The SMILES string of the molecule is [2H]c1c([2H])c([2H])c2c(N(c3ccc(-c4ccccc4)cc3)c3ccccc3-c3cccc4c3oc3c5ccccc5ccc43)c([2H])c([2H])c([2H])c2c1[2H]. The number of hydrogen-bond acceptors (Lipinski definition) is 2. The molecule has 0 unspecified atom stereocenters. The van der Waals surface area contributed by atoms with Crippen molar-refractivity contribution in [2.75, 3.05) is 4.90 Å². The van der Waals surface area contributed by atoms with Crippen LogP contribution < -0.4 is 4.90 Å². The summed E-state index contributed by atoms with van der Waals surface area (Å²) < 4.78 is 68.7. The highest BCUT2D eigenvalue weighted by atomic mass is 16.3. The van der Waals surface area contributed by atoms with Crippen molar-refractivity contribution in [3.05, 3.63) is 176 Å². The van der Waals surface area contributed by atoms with E-state index in [-0.39, 0.29) is 28.5 Å². The van der Waals surface area contributed by atoms with Gasteiger partial charge < -0.3 is 9.32 Å².